The maximum atomic E-state index is 5.58. The highest BCUT2D eigenvalue weighted by Crippen LogP contribution is 2.36. The number of hydrogen-bond donors (Lipinski definition) is 0. The summed E-state index contributed by atoms with van der Waals surface area (Å²) >= 11 is 0. The van der Waals surface area contributed by atoms with Crippen LogP contribution >= 0.6 is 0 Å². The van der Waals surface area contributed by atoms with Crippen molar-refractivity contribution >= 4 is 0 Å². The third-order valence-corrected chi connectivity index (χ3v) is 5.23. The van der Waals surface area contributed by atoms with Crippen molar-refractivity contribution in [2.75, 3.05) is 41.0 Å². The summed E-state index contributed by atoms with van der Waals surface area (Å²) in [7, 11) is 5.04. The second-order valence-electron chi connectivity index (χ2n) is 6.59. The molecule has 0 radical (unpaired) electrons. The molecule has 1 aromatic rings. The number of methoxy groups -OCH3 is 3. The lowest BCUT2D eigenvalue weighted by Crippen LogP contribution is -2.54. The minimum Gasteiger partial charge on any atom is -0.496 e. The zero-order valence-electron chi connectivity index (χ0n) is 14.7. The first-order valence-corrected chi connectivity index (χ1v) is 8.43. The van der Waals surface area contributed by atoms with Crippen LogP contribution in [0.5, 0.6) is 17.2 Å². The van der Waals surface area contributed by atoms with Gasteiger partial charge in [-0.15, -0.1) is 0 Å². The normalized spacial score (nSPS) is 25.2. The number of fused-ring (bicyclic) bond motifs is 1. The Hall–Kier alpha value is -1.46. The average Bonchev–Trinajstić information content (AvgIpc) is 3.01. The fourth-order valence-corrected chi connectivity index (χ4v) is 3.90. The molecule has 128 valence electrons. The third-order valence-electron chi connectivity index (χ3n) is 5.23. The smallest absolute Gasteiger partial charge is 0.164 e. The van der Waals surface area contributed by atoms with Crippen molar-refractivity contribution in [3.63, 3.8) is 0 Å². The van der Waals surface area contributed by atoms with Gasteiger partial charge in [0.25, 0.3) is 0 Å². The van der Waals surface area contributed by atoms with Crippen LogP contribution in [0.2, 0.25) is 0 Å². The van der Waals surface area contributed by atoms with E-state index in [-0.39, 0.29) is 0 Å². The lowest BCUT2D eigenvalue weighted by Gasteiger charge is -2.42. The number of hydrogen-bond acceptors (Lipinski definition) is 5. The maximum Gasteiger partial charge on any atom is 0.164 e. The Labute approximate surface area is 139 Å². The number of piperazine rings is 1. The molecule has 2 atom stereocenters. The number of rotatable bonds is 5. The molecule has 2 heterocycles. The molecule has 0 spiro atoms. The standard InChI is InChI=1S/C18H28N2O3/c1-13-10-19-7-5-6-15(19)12-20(13)11-14-8-17(22-3)18(23-4)9-16(14)21-2/h8-9,13,15H,5-7,10-12H2,1-4H3/t13-,15+/m0/s1. The van der Waals surface area contributed by atoms with E-state index in [4.69, 9.17) is 14.2 Å². The highest BCUT2D eigenvalue weighted by molar-refractivity contribution is 5.50. The van der Waals surface area contributed by atoms with Crippen molar-refractivity contribution in [1.82, 2.24) is 9.80 Å². The van der Waals surface area contributed by atoms with Gasteiger partial charge < -0.3 is 14.2 Å². The Morgan fingerprint density at radius 1 is 1.00 bits per heavy atom. The van der Waals surface area contributed by atoms with Crippen LogP contribution in [0.25, 0.3) is 0 Å². The van der Waals surface area contributed by atoms with Crippen molar-refractivity contribution in [3.8, 4) is 17.2 Å². The summed E-state index contributed by atoms with van der Waals surface area (Å²) in [5.41, 5.74) is 1.16. The van der Waals surface area contributed by atoms with Crippen LogP contribution in [0.4, 0.5) is 0 Å². The van der Waals surface area contributed by atoms with Crippen LogP contribution in [-0.4, -0.2) is 62.8 Å². The Morgan fingerprint density at radius 2 is 1.70 bits per heavy atom. The summed E-state index contributed by atoms with van der Waals surface area (Å²) in [6.45, 7) is 6.78. The zero-order chi connectivity index (χ0) is 16.4. The van der Waals surface area contributed by atoms with Crippen LogP contribution in [-0.2, 0) is 6.54 Å². The summed E-state index contributed by atoms with van der Waals surface area (Å²) in [6.07, 6.45) is 2.66. The van der Waals surface area contributed by atoms with Gasteiger partial charge in [0.1, 0.15) is 5.75 Å². The number of ether oxygens (including phenoxy) is 3. The highest BCUT2D eigenvalue weighted by Gasteiger charge is 2.34. The number of benzene rings is 1. The molecule has 2 saturated heterocycles. The van der Waals surface area contributed by atoms with Crippen molar-refractivity contribution in [1.29, 1.82) is 0 Å². The summed E-state index contributed by atoms with van der Waals surface area (Å²) in [5, 5.41) is 0. The van der Waals surface area contributed by atoms with Crippen molar-refractivity contribution in [2.24, 2.45) is 0 Å². The molecule has 3 rings (SSSR count). The minimum absolute atomic E-state index is 0.558. The Morgan fingerprint density at radius 3 is 2.39 bits per heavy atom. The topological polar surface area (TPSA) is 34.2 Å². The molecule has 0 aromatic heterocycles. The van der Waals surface area contributed by atoms with Crippen molar-refractivity contribution < 1.29 is 14.2 Å². The van der Waals surface area contributed by atoms with Crippen molar-refractivity contribution in [2.45, 2.75) is 38.4 Å². The lowest BCUT2D eigenvalue weighted by molar-refractivity contribution is 0.0535. The first kappa shape index (κ1) is 16.4. The van der Waals surface area contributed by atoms with E-state index in [0.717, 1.165) is 36.2 Å². The Kier molecular flexibility index (Phi) is 4.97. The molecular formula is C18H28N2O3. The average molecular weight is 320 g/mol. The molecular weight excluding hydrogens is 292 g/mol. The summed E-state index contributed by atoms with van der Waals surface area (Å²) < 4.78 is 16.4. The van der Waals surface area contributed by atoms with E-state index in [1.807, 2.05) is 12.1 Å². The predicted octanol–water partition coefficient (Wildman–Crippen LogP) is 2.38. The summed E-state index contributed by atoms with van der Waals surface area (Å²) in [5.74, 6) is 2.33. The van der Waals surface area contributed by atoms with Crippen LogP contribution in [0.1, 0.15) is 25.3 Å². The molecule has 0 bridgehead atoms. The van der Waals surface area contributed by atoms with Crippen LogP contribution in [0.3, 0.4) is 0 Å². The van der Waals surface area contributed by atoms with Gasteiger partial charge in [-0.05, 0) is 32.4 Å². The molecule has 2 fully saturated rings. The highest BCUT2D eigenvalue weighted by atomic mass is 16.5. The number of nitrogens with zero attached hydrogens (tertiary/aromatic N) is 2. The first-order valence-electron chi connectivity index (χ1n) is 8.43. The van der Waals surface area contributed by atoms with Gasteiger partial charge in [-0.1, -0.05) is 0 Å². The molecule has 23 heavy (non-hydrogen) atoms. The minimum atomic E-state index is 0.558. The van der Waals surface area contributed by atoms with E-state index >= 15 is 0 Å². The van der Waals surface area contributed by atoms with Gasteiger partial charge >= 0.3 is 0 Å². The van der Waals surface area contributed by atoms with E-state index < -0.39 is 0 Å². The first-order chi connectivity index (χ1) is 11.2. The van der Waals surface area contributed by atoms with Gasteiger partial charge in [0, 0.05) is 43.3 Å². The van der Waals surface area contributed by atoms with E-state index in [1.165, 1.54) is 25.9 Å². The lowest BCUT2D eigenvalue weighted by atomic mass is 10.1. The largest absolute Gasteiger partial charge is 0.496 e. The SMILES string of the molecule is COc1cc(OC)c(OC)cc1CN1C[C@H]2CCCN2C[C@@H]1C. The predicted molar refractivity (Wildman–Crippen MR) is 90.6 cm³/mol. The monoisotopic (exact) mass is 320 g/mol. The van der Waals surface area contributed by atoms with Crippen LogP contribution in [0, 0.1) is 0 Å². The molecule has 0 unspecified atom stereocenters. The van der Waals surface area contributed by atoms with E-state index in [2.05, 4.69) is 16.7 Å². The quantitative estimate of drug-likeness (QED) is 0.832. The Balaban J connectivity index is 1.81. The molecule has 1 aromatic carbocycles. The van der Waals surface area contributed by atoms with Crippen LogP contribution in [0.15, 0.2) is 12.1 Å². The maximum absolute atomic E-state index is 5.58. The fraction of sp³-hybridized carbons (Fsp3) is 0.667. The van der Waals surface area contributed by atoms with E-state index in [9.17, 15) is 0 Å². The Bertz CT molecular complexity index is 549. The van der Waals surface area contributed by atoms with Gasteiger partial charge in [0.15, 0.2) is 11.5 Å². The van der Waals surface area contributed by atoms with Crippen LogP contribution < -0.4 is 14.2 Å². The van der Waals surface area contributed by atoms with Gasteiger partial charge in [-0.2, -0.15) is 0 Å². The zero-order valence-corrected chi connectivity index (χ0v) is 14.7. The molecule has 2 aliphatic heterocycles. The van der Waals surface area contributed by atoms with Gasteiger partial charge in [-0.25, -0.2) is 0 Å². The molecule has 5 heteroatoms. The third kappa shape index (κ3) is 3.26. The second kappa shape index (κ2) is 6.97. The van der Waals surface area contributed by atoms with E-state index in [1.54, 1.807) is 21.3 Å². The molecule has 0 saturated carbocycles. The molecule has 0 aliphatic carbocycles. The molecule has 2 aliphatic rings. The van der Waals surface area contributed by atoms with Crippen molar-refractivity contribution in [3.05, 3.63) is 17.7 Å². The molecule has 0 N–H and O–H groups in total. The summed E-state index contributed by atoms with van der Waals surface area (Å²) in [4.78, 5) is 5.21. The molecule has 0 amide bonds. The molecule has 5 nitrogen and oxygen atoms in total. The van der Waals surface area contributed by atoms with Gasteiger partial charge in [0.2, 0.25) is 0 Å². The second-order valence-corrected chi connectivity index (χ2v) is 6.59. The summed E-state index contributed by atoms with van der Waals surface area (Å²) in [6, 6.07) is 5.25. The van der Waals surface area contributed by atoms with E-state index in [0.29, 0.717) is 11.8 Å². The van der Waals surface area contributed by atoms with Gasteiger partial charge in [0.05, 0.1) is 21.3 Å². The van der Waals surface area contributed by atoms with Gasteiger partial charge in [-0.3, -0.25) is 9.80 Å². The fourth-order valence-electron chi connectivity index (χ4n) is 3.90.